The Morgan fingerprint density at radius 2 is 2.11 bits per heavy atom. The number of benzene rings is 1. The number of allylic oxidation sites excluding steroid dienone is 1. The summed E-state index contributed by atoms with van der Waals surface area (Å²) in [4.78, 5) is 29.2. The standard InChI is InChI=1S/C29H29N3O4/c1-17-26-24(8-7-22-6-5-20(15-31-22)19-4-2-3-18(11-19)14-30)23-9-10-29(16-35-28(34)32-29)13-21(23)12-25(26)27(33)36-17/h2-8,11,15,17,21,23-26H,9-10,12-13,16H2,1H3,(H,32,34)/b8-7+/t17-,21-,23-,24+,25-,26+,29-/m1/s1. The van der Waals surface area contributed by atoms with E-state index < -0.39 is 0 Å². The molecule has 1 aromatic heterocycles. The van der Waals surface area contributed by atoms with Gasteiger partial charge in [-0.1, -0.05) is 24.3 Å². The topological polar surface area (TPSA) is 101 Å². The second-order valence-corrected chi connectivity index (χ2v) is 10.8. The highest BCUT2D eigenvalue weighted by Crippen LogP contribution is 2.55. The van der Waals surface area contributed by atoms with Crippen molar-refractivity contribution >= 4 is 18.1 Å². The van der Waals surface area contributed by atoms with E-state index in [0.29, 0.717) is 24.0 Å². The Hall–Kier alpha value is -3.66. The molecule has 0 radical (unpaired) electrons. The summed E-state index contributed by atoms with van der Waals surface area (Å²) in [5.74, 6) is 0.934. The number of hydrogen-bond acceptors (Lipinski definition) is 6. The average molecular weight is 484 g/mol. The van der Waals surface area contributed by atoms with Crippen molar-refractivity contribution < 1.29 is 19.1 Å². The summed E-state index contributed by atoms with van der Waals surface area (Å²) in [5, 5.41) is 12.2. The molecule has 7 nitrogen and oxygen atoms in total. The van der Waals surface area contributed by atoms with Crippen LogP contribution in [0.2, 0.25) is 0 Å². The molecule has 2 aromatic rings. The maximum atomic E-state index is 12.7. The van der Waals surface area contributed by atoms with Crippen LogP contribution >= 0.6 is 0 Å². The molecule has 7 heteroatoms. The number of cyclic esters (lactones) is 2. The van der Waals surface area contributed by atoms with Gasteiger partial charge in [0.15, 0.2) is 0 Å². The van der Waals surface area contributed by atoms with Crippen molar-refractivity contribution in [3.8, 4) is 17.2 Å². The zero-order chi connectivity index (χ0) is 24.9. The molecule has 184 valence electrons. The highest BCUT2D eigenvalue weighted by molar-refractivity contribution is 5.76. The minimum atomic E-state index is -0.332. The lowest BCUT2D eigenvalue weighted by Crippen LogP contribution is -2.53. The maximum absolute atomic E-state index is 12.7. The molecular weight excluding hydrogens is 454 g/mol. The Morgan fingerprint density at radius 1 is 1.22 bits per heavy atom. The molecule has 1 aromatic carbocycles. The molecule has 2 aliphatic carbocycles. The van der Waals surface area contributed by atoms with Gasteiger partial charge in [0.1, 0.15) is 12.7 Å². The normalized spacial score (nSPS) is 35.0. The summed E-state index contributed by atoms with van der Waals surface area (Å²) in [5.41, 5.74) is 3.11. The van der Waals surface area contributed by atoms with Crippen molar-refractivity contribution in [3.05, 3.63) is 59.9 Å². The first-order chi connectivity index (χ1) is 17.4. The number of aromatic nitrogens is 1. The van der Waals surface area contributed by atoms with E-state index in [1.807, 2.05) is 43.5 Å². The lowest BCUT2D eigenvalue weighted by molar-refractivity contribution is -0.144. The average Bonchev–Trinajstić information content (AvgIpc) is 3.39. The monoisotopic (exact) mass is 483 g/mol. The van der Waals surface area contributed by atoms with Gasteiger partial charge >= 0.3 is 12.1 Å². The lowest BCUT2D eigenvalue weighted by Gasteiger charge is -2.49. The summed E-state index contributed by atoms with van der Waals surface area (Å²) in [6, 6.07) is 13.7. The molecule has 4 aliphatic rings. The van der Waals surface area contributed by atoms with Crippen LogP contribution in [-0.2, 0) is 14.3 Å². The molecular formula is C29H29N3O4. The summed E-state index contributed by atoms with van der Waals surface area (Å²) in [7, 11) is 0. The van der Waals surface area contributed by atoms with E-state index in [2.05, 4.69) is 28.5 Å². The van der Waals surface area contributed by atoms with Crippen LogP contribution in [0.1, 0.15) is 43.9 Å². The lowest BCUT2D eigenvalue weighted by atomic mass is 9.55. The number of nitriles is 1. The molecule has 2 saturated carbocycles. The van der Waals surface area contributed by atoms with Crippen LogP contribution in [0.15, 0.2) is 48.7 Å². The molecule has 6 rings (SSSR count). The number of amides is 1. The predicted molar refractivity (Wildman–Crippen MR) is 132 cm³/mol. The van der Waals surface area contributed by atoms with E-state index in [4.69, 9.17) is 9.47 Å². The van der Waals surface area contributed by atoms with Crippen molar-refractivity contribution in [3.63, 3.8) is 0 Å². The van der Waals surface area contributed by atoms with Crippen molar-refractivity contribution in [1.29, 1.82) is 5.26 Å². The Balaban J connectivity index is 1.25. The molecule has 1 spiro atoms. The Kier molecular flexibility index (Phi) is 5.55. The van der Waals surface area contributed by atoms with Crippen LogP contribution in [0.3, 0.4) is 0 Å². The number of nitrogens with one attached hydrogen (secondary N) is 1. The van der Waals surface area contributed by atoms with Gasteiger partial charge < -0.3 is 14.8 Å². The first-order valence-corrected chi connectivity index (χ1v) is 12.7. The fourth-order valence-electron chi connectivity index (χ4n) is 7.14. The Labute approximate surface area is 210 Å². The van der Waals surface area contributed by atoms with E-state index in [1.54, 1.807) is 6.07 Å². The van der Waals surface area contributed by atoms with Crippen molar-refractivity contribution in [1.82, 2.24) is 10.3 Å². The van der Waals surface area contributed by atoms with E-state index in [9.17, 15) is 14.9 Å². The largest absolute Gasteiger partial charge is 0.462 e. The highest BCUT2D eigenvalue weighted by Gasteiger charge is 2.57. The molecule has 1 N–H and O–H groups in total. The second kappa shape index (κ2) is 8.77. The number of esters is 1. The third-order valence-electron chi connectivity index (χ3n) is 8.77. The predicted octanol–water partition coefficient (Wildman–Crippen LogP) is 4.73. The van der Waals surface area contributed by atoms with Gasteiger partial charge in [-0.15, -0.1) is 0 Å². The van der Waals surface area contributed by atoms with Crippen molar-refractivity contribution in [2.45, 2.75) is 44.2 Å². The van der Waals surface area contributed by atoms with Gasteiger partial charge in [-0.3, -0.25) is 9.78 Å². The first kappa shape index (κ1) is 22.8. The van der Waals surface area contributed by atoms with Gasteiger partial charge in [0.25, 0.3) is 0 Å². The van der Waals surface area contributed by atoms with E-state index in [0.717, 1.165) is 42.5 Å². The first-order valence-electron chi connectivity index (χ1n) is 12.7. The second-order valence-electron chi connectivity index (χ2n) is 10.8. The summed E-state index contributed by atoms with van der Waals surface area (Å²) in [6.45, 7) is 2.43. The number of ether oxygens (including phenoxy) is 2. The van der Waals surface area contributed by atoms with Crippen molar-refractivity contribution in [2.75, 3.05) is 6.61 Å². The quantitative estimate of drug-likeness (QED) is 0.634. The van der Waals surface area contributed by atoms with Gasteiger partial charge in [0.05, 0.1) is 28.8 Å². The van der Waals surface area contributed by atoms with Crippen LogP contribution in [0.25, 0.3) is 17.2 Å². The zero-order valence-electron chi connectivity index (χ0n) is 20.2. The number of hydrogen-bond donors (Lipinski definition) is 1. The fraction of sp³-hybridized carbons (Fsp3) is 0.448. The number of alkyl carbamates (subject to hydrolysis) is 1. The van der Waals surface area contributed by atoms with Gasteiger partial charge in [0.2, 0.25) is 0 Å². The van der Waals surface area contributed by atoms with E-state index in [1.165, 1.54) is 0 Å². The van der Waals surface area contributed by atoms with Crippen LogP contribution in [-0.4, -0.2) is 35.3 Å². The fourth-order valence-corrected chi connectivity index (χ4v) is 7.14. The van der Waals surface area contributed by atoms with Gasteiger partial charge in [-0.05, 0) is 80.2 Å². The summed E-state index contributed by atoms with van der Waals surface area (Å²) in [6.07, 6.45) is 9.23. The number of carbonyl (C=O) groups is 2. The minimum Gasteiger partial charge on any atom is -0.462 e. The highest BCUT2D eigenvalue weighted by atomic mass is 16.6. The van der Waals surface area contributed by atoms with E-state index in [-0.39, 0.29) is 41.5 Å². The molecule has 4 fully saturated rings. The minimum absolute atomic E-state index is 0.0854. The SMILES string of the molecule is C[C@H]1OC(=O)[C@@H]2C[C@@H]3C[C@]4(CC[C@H]3[C@H](/C=C/c3ccc(-c5cccc(C#N)c5)cn3)[C@H]12)COC(=O)N4. The van der Waals surface area contributed by atoms with Crippen molar-refractivity contribution in [2.24, 2.45) is 29.6 Å². The maximum Gasteiger partial charge on any atom is 0.407 e. The number of carbonyl (C=O) groups excluding carboxylic acids is 2. The summed E-state index contributed by atoms with van der Waals surface area (Å²) < 4.78 is 11.0. The van der Waals surface area contributed by atoms with E-state index >= 15 is 0 Å². The number of rotatable bonds is 3. The Bertz CT molecular complexity index is 1270. The molecule has 7 atom stereocenters. The molecule has 0 bridgehead atoms. The number of pyridine rings is 1. The Morgan fingerprint density at radius 3 is 2.86 bits per heavy atom. The molecule has 1 amide bonds. The third kappa shape index (κ3) is 3.95. The molecule has 0 unspecified atom stereocenters. The number of fused-ring (bicyclic) bond motifs is 2. The molecule has 2 saturated heterocycles. The number of nitrogens with zero attached hydrogens (tertiary/aromatic N) is 2. The zero-order valence-corrected chi connectivity index (χ0v) is 20.2. The summed E-state index contributed by atoms with van der Waals surface area (Å²) >= 11 is 0. The molecule has 36 heavy (non-hydrogen) atoms. The molecule has 3 heterocycles. The van der Waals surface area contributed by atoms with Crippen LogP contribution < -0.4 is 5.32 Å². The third-order valence-corrected chi connectivity index (χ3v) is 8.77. The van der Waals surface area contributed by atoms with Crippen LogP contribution in [0, 0.1) is 40.9 Å². The van der Waals surface area contributed by atoms with Crippen LogP contribution in [0.4, 0.5) is 4.79 Å². The van der Waals surface area contributed by atoms with Crippen LogP contribution in [0.5, 0.6) is 0 Å². The van der Waals surface area contributed by atoms with Gasteiger partial charge in [0, 0.05) is 17.7 Å². The molecule has 2 aliphatic heterocycles. The van der Waals surface area contributed by atoms with Gasteiger partial charge in [-0.2, -0.15) is 5.26 Å². The van der Waals surface area contributed by atoms with Gasteiger partial charge in [-0.25, -0.2) is 4.79 Å². The smallest absolute Gasteiger partial charge is 0.407 e.